The molecule has 28 heavy (non-hydrogen) atoms. The van der Waals surface area contributed by atoms with Gasteiger partial charge in [-0.2, -0.15) is 0 Å². The zero-order chi connectivity index (χ0) is 19.9. The molecule has 2 atom stereocenters. The highest BCUT2D eigenvalue weighted by Gasteiger charge is 2.45. The fourth-order valence-electron chi connectivity index (χ4n) is 4.79. The minimum atomic E-state index is -0.0289. The summed E-state index contributed by atoms with van der Waals surface area (Å²) in [7, 11) is 0. The largest absolute Gasteiger partial charge is 0.483 e. The first-order valence-electron chi connectivity index (χ1n) is 10.7. The Kier molecular flexibility index (Phi) is 5.11. The molecule has 0 unspecified atom stereocenters. The van der Waals surface area contributed by atoms with Gasteiger partial charge in [-0.3, -0.25) is 9.59 Å². The summed E-state index contributed by atoms with van der Waals surface area (Å²) in [6.45, 7) is 8.01. The third kappa shape index (κ3) is 3.89. The molecular formula is C23H32N2O3. The van der Waals surface area contributed by atoms with Crippen LogP contribution < -0.4 is 4.74 Å². The lowest BCUT2D eigenvalue weighted by atomic mass is 9.83. The average molecular weight is 385 g/mol. The number of fused-ring (bicyclic) bond motifs is 1. The standard InChI is InChI=1S/C23H32N2O3/c1-23(2,3)18-6-4-5-7-20(18)28-15-22(27)24-13-12-19-16(14-24)8-11-21(26)25(19)17-9-10-17/h4-7,16-17,19H,8-15H2,1-3H3/t16-,19-/m1/s1. The Balaban J connectivity index is 1.36. The number of ether oxygens (including phenoxy) is 1. The summed E-state index contributed by atoms with van der Waals surface area (Å²) in [4.78, 5) is 29.3. The number of rotatable bonds is 4. The first kappa shape index (κ1) is 19.3. The molecule has 0 spiro atoms. The van der Waals surface area contributed by atoms with Crippen molar-refractivity contribution >= 4 is 11.8 Å². The maximum Gasteiger partial charge on any atom is 0.260 e. The molecule has 1 aromatic carbocycles. The molecule has 0 aromatic heterocycles. The third-order valence-corrected chi connectivity index (χ3v) is 6.41. The molecule has 0 bridgehead atoms. The van der Waals surface area contributed by atoms with E-state index < -0.39 is 0 Å². The van der Waals surface area contributed by atoms with E-state index in [0.717, 1.165) is 50.1 Å². The molecule has 4 rings (SSSR count). The fraction of sp³-hybridized carbons (Fsp3) is 0.652. The number of nitrogens with zero attached hydrogens (tertiary/aromatic N) is 2. The lowest BCUT2D eigenvalue weighted by Crippen LogP contribution is -2.57. The van der Waals surface area contributed by atoms with Gasteiger partial charge >= 0.3 is 0 Å². The Labute approximate surface area is 168 Å². The van der Waals surface area contributed by atoms with Gasteiger partial charge in [-0.15, -0.1) is 0 Å². The topological polar surface area (TPSA) is 49.9 Å². The van der Waals surface area contributed by atoms with Crippen molar-refractivity contribution in [2.75, 3.05) is 19.7 Å². The summed E-state index contributed by atoms with van der Waals surface area (Å²) in [5.41, 5.74) is 1.09. The molecule has 152 valence electrons. The van der Waals surface area contributed by atoms with Crippen LogP contribution in [-0.4, -0.2) is 53.4 Å². The Morgan fingerprint density at radius 1 is 1.14 bits per heavy atom. The van der Waals surface area contributed by atoms with Crippen LogP contribution in [0.2, 0.25) is 0 Å². The Morgan fingerprint density at radius 3 is 2.61 bits per heavy atom. The van der Waals surface area contributed by atoms with Crippen molar-refractivity contribution in [1.29, 1.82) is 0 Å². The number of benzene rings is 1. The van der Waals surface area contributed by atoms with Crippen LogP contribution in [0.25, 0.3) is 0 Å². The van der Waals surface area contributed by atoms with E-state index in [1.165, 1.54) is 0 Å². The molecule has 3 aliphatic rings. The number of carbonyl (C=O) groups excluding carboxylic acids is 2. The SMILES string of the molecule is CC(C)(C)c1ccccc1OCC(=O)N1CC[C@@H]2[C@H](CCC(=O)N2C2CC2)C1. The van der Waals surface area contributed by atoms with Crippen molar-refractivity contribution in [3.05, 3.63) is 29.8 Å². The number of piperidine rings is 2. The minimum Gasteiger partial charge on any atom is -0.483 e. The van der Waals surface area contributed by atoms with E-state index in [2.05, 4.69) is 31.7 Å². The van der Waals surface area contributed by atoms with Gasteiger partial charge < -0.3 is 14.5 Å². The zero-order valence-corrected chi connectivity index (χ0v) is 17.3. The molecule has 2 aliphatic heterocycles. The summed E-state index contributed by atoms with van der Waals surface area (Å²) >= 11 is 0. The predicted molar refractivity (Wildman–Crippen MR) is 108 cm³/mol. The molecule has 2 heterocycles. The normalized spacial score (nSPS) is 25.5. The van der Waals surface area contributed by atoms with Gasteiger partial charge in [-0.25, -0.2) is 0 Å². The molecule has 1 saturated carbocycles. The molecule has 2 saturated heterocycles. The number of carbonyl (C=O) groups is 2. The average Bonchev–Trinajstić information content (AvgIpc) is 3.50. The van der Waals surface area contributed by atoms with Gasteiger partial charge in [-0.1, -0.05) is 39.0 Å². The van der Waals surface area contributed by atoms with Crippen molar-refractivity contribution in [3.63, 3.8) is 0 Å². The van der Waals surface area contributed by atoms with E-state index >= 15 is 0 Å². The summed E-state index contributed by atoms with van der Waals surface area (Å²) in [5, 5.41) is 0. The van der Waals surface area contributed by atoms with Gasteiger partial charge in [0, 0.05) is 31.6 Å². The minimum absolute atomic E-state index is 0.0289. The molecule has 2 amide bonds. The highest BCUT2D eigenvalue weighted by molar-refractivity contribution is 5.79. The van der Waals surface area contributed by atoms with Crippen LogP contribution >= 0.6 is 0 Å². The lowest BCUT2D eigenvalue weighted by molar-refractivity contribution is -0.145. The highest BCUT2D eigenvalue weighted by atomic mass is 16.5. The van der Waals surface area contributed by atoms with E-state index in [-0.39, 0.29) is 17.9 Å². The number of para-hydroxylation sites is 1. The van der Waals surface area contributed by atoms with Crippen LogP contribution in [0.4, 0.5) is 0 Å². The summed E-state index contributed by atoms with van der Waals surface area (Å²) < 4.78 is 5.95. The van der Waals surface area contributed by atoms with Gasteiger partial charge in [0.15, 0.2) is 6.61 Å². The molecule has 0 radical (unpaired) electrons. The number of amides is 2. The van der Waals surface area contributed by atoms with Gasteiger partial charge in [-0.05, 0) is 48.6 Å². The van der Waals surface area contributed by atoms with Gasteiger partial charge in [0.25, 0.3) is 5.91 Å². The Hall–Kier alpha value is -2.04. The maximum atomic E-state index is 12.8. The van der Waals surface area contributed by atoms with Crippen LogP contribution in [0, 0.1) is 5.92 Å². The molecule has 5 nitrogen and oxygen atoms in total. The quantitative estimate of drug-likeness (QED) is 0.800. The number of hydrogen-bond donors (Lipinski definition) is 0. The van der Waals surface area contributed by atoms with Crippen LogP contribution in [0.5, 0.6) is 5.75 Å². The van der Waals surface area contributed by atoms with E-state index in [4.69, 9.17) is 4.74 Å². The van der Waals surface area contributed by atoms with Crippen LogP contribution in [0.3, 0.4) is 0 Å². The summed E-state index contributed by atoms with van der Waals surface area (Å²) in [5.74, 6) is 1.59. The van der Waals surface area contributed by atoms with Gasteiger partial charge in [0.2, 0.25) is 5.91 Å². The van der Waals surface area contributed by atoms with E-state index in [1.807, 2.05) is 23.1 Å². The van der Waals surface area contributed by atoms with Crippen LogP contribution in [0.15, 0.2) is 24.3 Å². The second-order valence-electron chi connectivity index (χ2n) is 9.56. The first-order valence-corrected chi connectivity index (χ1v) is 10.7. The summed E-state index contributed by atoms with van der Waals surface area (Å²) in [6.07, 6.45) is 4.74. The molecule has 3 fully saturated rings. The van der Waals surface area contributed by atoms with Gasteiger partial charge in [0.1, 0.15) is 5.75 Å². The zero-order valence-electron chi connectivity index (χ0n) is 17.3. The Bertz CT molecular complexity index is 750. The molecular weight excluding hydrogens is 352 g/mol. The first-order chi connectivity index (χ1) is 13.3. The molecule has 5 heteroatoms. The fourth-order valence-corrected chi connectivity index (χ4v) is 4.79. The second kappa shape index (κ2) is 7.41. The summed E-state index contributed by atoms with van der Waals surface area (Å²) in [6, 6.07) is 8.78. The lowest BCUT2D eigenvalue weighted by Gasteiger charge is -2.47. The van der Waals surface area contributed by atoms with E-state index in [0.29, 0.717) is 30.3 Å². The smallest absolute Gasteiger partial charge is 0.260 e. The van der Waals surface area contributed by atoms with Crippen molar-refractivity contribution < 1.29 is 14.3 Å². The van der Waals surface area contributed by atoms with Crippen molar-refractivity contribution in [3.8, 4) is 5.75 Å². The predicted octanol–water partition coefficient (Wildman–Crippen LogP) is 3.36. The van der Waals surface area contributed by atoms with Crippen molar-refractivity contribution in [2.45, 2.75) is 70.4 Å². The van der Waals surface area contributed by atoms with Crippen LogP contribution in [0.1, 0.15) is 58.4 Å². The van der Waals surface area contributed by atoms with Crippen molar-refractivity contribution in [2.24, 2.45) is 5.92 Å². The van der Waals surface area contributed by atoms with Crippen LogP contribution in [-0.2, 0) is 15.0 Å². The van der Waals surface area contributed by atoms with E-state index in [9.17, 15) is 9.59 Å². The van der Waals surface area contributed by atoms with E-state index in [1.54, 1.807) is 0 Å². The highest BCUT2D eigenvalue weighted by Crippen LogP contribution is 2.39. The molecule has 1 aliphatic carbocycles. The number of hydrogen-bond acceptors (Lipinski definition) is 3. The monoisotopic (exact) mass is 384 g/mol. The van der Waals surface area contributed by atoms with Crippen molar-refractivity contribution in [1.82, 2.24) is 9.80 Å². The number of likely N-dealkylation sites (tertiary alicyclic amines) is 2. The molecule has 0 N–H and O–H groups in total. The van der Waals surface area contributed by atoms with Gasteiger partial charge in [0.05, 0.1) is 0 Å². The third-order valence-electron chi connectivity index (χ3n) is 6.41. The maximum absolute atomic E-state index is 12.8. The molecule has 1 aromatic rings. The Morgan fingerprint density at radius 2 is 1.89 bits per heavy atom. The second-order valence-corrected chi connectivity index (χ2v) is 9.56.